The molecule has 4 rings (SSSR count). The zero-order chi connectivity index (χ0) is 22.7. The molecule has 168 valence electrons. The molecule has 1 aliphatic heterocycles. The molecular weight excluding hydrogens is 461 g/mol. The Morgan fingerprint density at radius 3 is 2.62 bits per heavy atom. The Kier molecular flexibility index (Phi) is 6.57. The Balaban J connectivity index is 1.36. The third-order valence-corrected chi connectivity index (χ3v) is 5.67. The number of para-hydroxylation sites is 2. The number of piperidine rings is 1. The van der Waals surface area contributed by atoms with Crippen LogP contribution >= 0.6 is 23.8 Å². The lowest BCUT2D eigenvalue weighted by molar-refractivity contribution is -0.274. The van der Waals surface area contributed by atoms with Crippen LogP contribution in [0.2, 0.25) is 5.02 Å². The van der Waals surface area contributed by atoms with Crippen LogP contribution in [0.15, 0.2) is 54.7 Å². The molecule has 2 N–H and O–H groups in total. The van der Waals surface area contributed by atoms with E-state index in [0.717, 1.165) is 42.5 Å². The first-order valence-electron chi connectivity index (χ1n) is 10.00. The maximum absolute atomic E-state index is 12.6. The van der Waals surface area contributed by atoms with Gasteiger partial charge in [0.25, 0.3) is 0 Å². The fourth-order valence-corrected chi connectivity index (χ4v) is 4.22. The van der Waals surface area contributed by atoms with E-state index in [2.05, 4.69) is 25.3 Å². The smallest absolute Gasteiger partial charge is 0.404 e. The minimum Gasteiger partial charge on any atom is -0.404 e. The lowest BCUT2D eigenvalue weighted by atomic mass is 10.0. The number of hydrogen-bond acceptors (Lipinski definition) is 4. The molecule has 0 aliphatic carbocycles. The maximum Gasteiger partial charge on any atom is 0.573 e. The Morgan fingerprint density at radius 2 is 1.88 bits per heavy atom. The van der Waals surface area contributed by atoms with Gasteiger partial charge in [-0.15, -0.1) is 13.2 Å². The van der Waals surface area contributed by atoms with Crippen molar-refractivity contribution in [3.63, 3.8) is 0 Å². The van der Waals surface area contributed by atoms with Crippen molar-refractivity contribution in [3.05, 3.63) is 59.8 Å². The Bertz CT molecular complexity index is 1120. The molecule has 0 atom stereocenters. The van der Waals surface area contributed by atoms with Gasteiger partial charge in [0.05, 0.1) is 11.2 Å². The number of anilines is 2. The summed E-state index contributed by atoms with van der Waals surface area (Å²) in [6.07, 6.45) is -1.36. The summed E-state index contributed by atoms with van der Waals surface area (Å²) in [6, 6.07) is 13.6. The van der Waals surface area contributed by atoms with Gasteiger partial charge in [-0.1, -0.05) is 23.7 Å². The van der Waals surface area contributed by atoms with Gasteiger partial charge in [-0.2, -0.15) is 0 Å². The molecule has 32 heavy (non-hydrogen) atoms. The minimum absolute atomic E-state index is 0.101. The molecular formula is C22H20ClF3N4OS. The quantitative estimate of drug-likeness (QED) is 0.464. The monoisotopic (exact) mass is 480 g/mol. The van der Waals surface area contributed by atoms with E-state index >= 15 is 0 Å². The molecule has 0 unspecified atom stereocenters. The summed E-state index contributed by atoms with van der Waals surface area (Å²) in [5.74, 6) is -0.330. The summed E-state index contributed by atoms with van der Waals surface area (Å²) in [4.78, 5) is 6.68. The van der Waals surface area contributed by atoms with Crippen molar-refractivity contribution in [1.29, 1.82) is 0 Å². The summed E-state index contributed by atoms with van der Waals surface area (Å²) in [5.41, 5.74) is 2.10. The number of halogens is 4. The SMILES string of the molecule is FC(F)(F)Oc1ccccc1NC(=S)NC1CCN(c2ccnc3cc(Cl)ccc23)CC1. The summed E-state index contributed by atoms with van der Waals surface area (Å²) in [6.45, 7) is 1.60. The third-order valence-electron chi connectivity index (χ3n) is 5.21. The largest absolute Gasteiger partial charge is 0.573 e. The molecule has 5 nitrogen and oxygen atoms in total. The van der Waals surface area contributed by atoms with E-state index in [1.807, 2.05) is 24.3 Å². The molecule has 10 heteroatoms. The zero-order valence-corrected chi connectivity index (χ0v) is 18.4. The maximum atomic E-state index is 12.6. The zero-order valence-electron chi connectivity index (χ0n) is 16.8. The van der Waals surface area contributed by atoms with Gasteiger partial charge in [0, 0.05) is 41.4 Å². The van der Waals surface area contributed by atoms with Crippen LogP contribution in [0.5, 0.6) is 5.75 Å². The number of fused-ring (bicyclic) bond motifs is 1. The van der Waals surface area contributed by atoms with Gasteiger partial charge in [0.2, 0.25) is 0 Å². The molecule has 1 aromatic heterocycles. The van der Waals surface area contributed by atoms with Crippen LogP contribution in [0.3, 0.4) is 0 Å². The predicted octanol–water partition coefficient (Wildman–Crippen LogP) is 5.74. The van der Waals surface area contributed by atoms with Crippen LogP contribution in [-0.2, 0) is 0 Å². The highest BCUT2D eigenvalue weighted by Gasteiger charge is 2.32. The number of ether oxygens (including phenoxy) is 1. The summed E-state index contributed by atoms with van der Waals surface area (Å²) in [5, 5.41) is 7.96. The highest BCUT2D eigenvalue weighted by Crippen LogP contribution is 2.31. The number of benzene rings is 2. The van der Waals surface area contributed by atoms with Crippen LogP contribution in [-0.4, -0.2) is 35.6 Å². The van der Waals surface area contributed by atoms with Crippen molar-refractivity contribution < 1.29 is 17.9 Å². The molecule has 2 heterocycles. The van der Waals surface area contributed by atoms with Crippen LogP contribution < -0.4 is 20.3 Å². The van der Waals surface area contributed by atoms with Crippen LogP contribution in [0, 0.1) is 0 Å². The van der Waals surface area contributed by atoms with E-state index in [1.165, 1.54) is 18.2 Å². The molecule has 0 spiro atoms. The molecule has 1 saturated heterocycles. The number of alkyl halides is 3. The first kappa shape index (κ1) is 22.4. The molecule has 1 fully saturated rings. The Hall–Kier alpha value is -2.78. The van der Waals surface area contributed by atoms with Crippen molar-refractivity contribution in [2.24, 2.45) is 0 Å². The fraction of sp³-hybridized carbons (Fsp3) is 0.273. The second-order valence-electron chi connectivity index (χ2n) is 7.40. The number of nitrogens with zero attached hydrogens (tertiary/aromatic N) is 2. The van der Waals surface area contributed by atoms with E-state index in [9.17, 15) is 13.2 Å². The number of rotatable bonds is 4. The average Bonchev–Trinajstić information content (AvgIpc) is 2.74. The van der Waals surface area contributed by atoms with Crippen LogP contribution in [0.1, 0.15) is 12.8 Å². The predicted molar refractivity (Wildman–Crippen MR) is 124 cm³/mol. The Morgan fingerprint density at radius 1 is 1.12 bits per heavy atom. The first-order chi connectivity index (χ1) is 15.3. The molecule has 0 radical (unpaired) electrons. The first-order valence-corrected chi connectivity index (χ1v) is 10.8. The number of hydrogen-bond donors (Lipinski definition) is 2. The standard InChI is InChI=1S/C22H20ClF3N4OS/c23-14-5-6-16-18(13-14)27-10-7-19(16)30-11-8-15(9-12-30)28-21(32)29-17-3-1-2-4-20(17)31-22(24,25)26/h1-7,10,13,15H,8-9,11-12H2,(H2,28,29,32). The van der Waals surface area contributed by atoms with Crippen LogP contribution in [0.4, 0.5) is 24.5 Å². The average molecular weight is 481 g/mol. The van der Waals surface area contributed by atoms with Crippen molar-refractivity contribution in [3.8, 4) is 5.75 Å². The van der Waals surface area contributed by atoms with Gasteiger partial charge in [0.15, 0.2) is 10.9 Å². The second kappa shape index (κ2) is 9.38. The van der Waals surface area contributed by atoms with Gasteiger partial charge in [-0.3, -0.25) is 4.98 Å². The van der Waals surface area contributed by atoms with E-state index in [1.54, 1.807) is 12.3 Å². The summed E-state index contributed by atoms with van der Waals surface area (Å²) in [7, 11) is 0. The molecule has 3 aromatic rings. The molecule has 0 saturated carbocycles. The highest BCUT2D eigenvalue weighted by molar-refractivity contribution is 7.80. The van der Waals surface area contributed by atoms with Crippen molar-refractivity contribution in [1.82, 2.24) is 10.3 Å². The van der Waals surface area contributed by atoms with Gasteiger partial charge in [-0.25, -0.2) is 0 Å². The van der Waals surface area contributed by atoms with Crippen molar-refractivity contribution >= 4 is 51.2 Å². The molecule has 1 aliphatic rings. The van der Waals surface area contributed by atoms with Gasteiger partial charge < -0.3 is 20.3 Å². The number of nitrogens with one attached hydrogen (secondary N) is 2. The minimum atomic E-state index is -4.78. The molecule has 0 amide bonds. The number of pyridine rings is 1. The lowest BCUT2D eigenvalue weighted by Crippen LogP contribution is -2.46. The Labute approximate surface area is 193 Å². The van der Waals surface area contributed by atoms with Crippen molar-refractivity contribution in [2.75, 3.05) is 23.3 Å². The molecule has 2 aromatic carbocycles. The fourth-order valence-electron chi connectivity index (χ4n) is 3.77. The summed E-state index contributed by atoms with van der Waals surface area (Å²) >= 11 is 11.4. The summed E-state index contributed by atoms with van der Waals surface area (Å²) < 4.78 is 41.9. The topological polar surface area (TPSA) is 49.4 Å². The van der Waals surface area contributed by atoms with E-state index in [-0.39, 0.29) is 22.6 Å². The van der Waals surface area contributed by atoms with Crippen molar-refractivity contribution in [2.45, 2.75) is 25.2 Å². The van der Waals surface area contributed by atoms with Gasteiger partial charge >= 0.3 is 6.36 Å². The van der Waals surface area contributed by atoms with E-state index in [0.29, 0.717) is 5.02 Å². The number of aromatic nitrogens is 1. The van der Waals surface area contributed by atoms with Gasteiger partial charge in [-0.05, 0) is 61.5 Å². The molecule has 0 bridgehead atoms. The number of thiocarbonyl (C=S) groups is 1. The van der Waals surface area contributed by atoms with Gasteiger partial charge in [0.1, 0.15) is 0 Å². The normalized spacial score (nSPS) is 14.9. The highest BCUT2D eigenvalue weighted by atomic mass is 35.5. The third kappa shape index (κ3) is 5.52. The van der Waals surface area contributed by atoms with E-state index < -0.39 is 6.36 Å². The lowest BCUT2D eigenvalue weighted by Gasteiger charge is -2.35. The van der Waals surface area contributed by atoms with Crippen LogP contribution in [0.25, 0.3) is 10.9 Å². The second-order valence-corrected chi connectivity index (χ2v) is 8.24. The van der Waals surface area contributed by atoms with E-state index in [4.69, 9.17) is 23.8 Å².